The third-order valence-electron chi connectivity index (χ3n) is 4.87. The van der Waals surface area contributed by atoms with Gasteiger partial charge in [0.15, 0.2) is 6.10 Å². The maximum atomic E-state index is 12.7. The minimum atomic E-state index is -4.58. The lowest BCUT2D eigenvalue weighted by Crippen LogP contribution is -2.30. The molecule has 0 saturated carbocycles. The number of benzene rings is 2. The van der Waals surface area contributed by atoms with Crippen LogP contribution in [0.15, 0.2) is 65.7 Å². The molecular formula is C23H21ClF3N3O6S. The third kappa shape index (κ3) is 7.10. The van der Waals surface area contributed by atoms with Gasteiger partial charge in [0, 0.05) is 18.9 Å². The highest BCUT2D eigenvalue weighted by Crippen LogP contribution is 2.35. The van der Waals surface area contributed by atoms with E-state index in [1.807, 2.05) is 0 Å². The number of carbonyl (C=O) groups is 1. The molecule has 0 aliphatic heterocycles. The standard InChI is InChI=1S/C23H21ClF3N3O6S/c1-14(21(31)29-16-4-10-19(11-5-16)37(32,33)30(2)34-3)35-17-6-8-18(9-7-17)36-22-20(24)12-15(13-28-22)23(25,26)27/h4-14H,1-3H3,(H,29,31). The Hall–Kier alpha value is -3.39. The second-order valence-corrected chi connectivity index (χ2v) is 9.80. The predicted octanol–water partition coefficient (Wildman–Crippen LogP) is 5.13. The maximum Gasteiger partial charge on any atom is 0.417 e. The second kappa shape index (κ2) is 11.3. The number of halogens is 4. The van der Waals surface area contributed by atoms with Crippen molar-refractivity contribution in [1.82, 2.24) is 9.45 Å². The van der Waals surface area contributed by atoms with Gasteiger partial charge in [-0.05, 0) is 61.5 Å². The second-order valence-electron chi connectivity index (χ2n) is 7.45. The molecule has 0 bridgehead atoms. The first-order valence-electron chi connectivity index (χ1n) is 10.4. The van der Waals surface area contributed by atoms with Gasteiger partial charge in [-0.1, -0.05) is 16.1 Å². The van der Waals surface area contributed by atoms with Gasteiger partial charge in [0.2, 0.25) is 5.88 Å². The molecule has 3 rings (SSSR count). The Bertz CT molecular complexity index is 1350. The highest BCUT2D eigenvalue weighted by Gasteiger charge is 2.32. The lowest BCUT2D eigenvalue weighted by molar-refractivity contribution is -0.137. The van der Waals surface area contributed by atoms with Crippen LogP contribution in [0.5, 0.6) is 17.4 Å². The molecule has 0 radical (unpaired) electrons. The van der Waals surface area contributed by atoms with E-state index >= 15 is 0 Å². The van der Waals surface area contributed by atoms with Gasteiger partial charge in [0.25, 0.3) is 15.9 Å². The van der Waals surface area contributed by atoms with Crippen LogP contribution in [0.4, 0.5) is 18.9 Å². The molecule has 198 valence electrons. The Morgan fingerprint density at radius 1 is 1.08 bits per heavy atom. The predicted molar refractivity (Wildman–Crippen MR) is 128 cm³/mol. The van der Waals surface area contributed by atoms with Crippen LogP contribution in [0.1, 0.15) is 12.5 Å². The molecule has 9 nitrogen and oxygen atoms in total. The molecule has 37 heavy (non-hydrogen) atoms. The number of pyridine rings is 1. The zero-order valence-corrected chi connectivity index (χ0v) is 21.2. The number of alkyl halides is 3. The molecule has 3 aromatic rings. The number of aromatic nitrogens is 1. The van der Waals surface area contributed by atoms with Crippen LogP contribution in [0.3, 0.4) is 0 Å². The summed E-state index contributed by atoms with van der Waals surface area (Å²) in [5.74, 6) is -0.160. The van der Waals surface area contributed by atoms with Crippen molar-refractivity contribution < 1.29 is 40.7 Å². The summed E-state index contributed by atoms with van der Waals surface area (Å²) >= 11 is 5.84. The minimum absolute atomic E-state index is 0.0192. The number of nitrogens with one attached hydrogen (secondary N) is 1. The van der Waals surface area contributed by atoms with E-state index in [1.54, 1.807) is 0 Å². The molecular weight excluding hydrogens is 539 g/mol. The Kier molecular flexibility index (Phi) is 8.64. The van der Waals surface area contributed by atoms with E-state index in [-0.39, 0.29) is 21.5 Å². The van der Waals surface area contributed by atoms with Crippen LogP contribution in [0.25, 0.3) is 0 Å². The summed E-state index contributed by atoms with van der Waals surface area (Å²) in [6, 6.07) is 12.1. The SMILES string of the molecule is CON(C)S(=O)(=O)c1ccc(NC(=O)C(C)Oc2ccc(Oc3ncc(C(F)(F)F)cc3Cl)cc2)cc1. The average Bonchev–Trinajstić information content (AvgIpc) is 2.85. The number of nitrogens with zero attached hydrogens (tertiary/aromatic N) is 2. The summed E-state index contributed by atoms with van der Waals surface area (Å²) in [6.07, 6.45) is -4.90. The molecule has 14 heteroatoms. The summed E-state index contributed by atoms with van der Waals surface area (Å²) in [4.78, 5) is 20.8. The van der Waals surface area contributed by atoms with E-state index in [4.69, 9.17) is 25.9 Å². The molecule has 0 aliphatic rings. The largest absolute Gasteiger partial charge is 0.481 e. The van der Waals surface area contributed by atoms with E-state index in [0.717, 1.165) is 0 Å². The van der Waals surface area contributed by atoms with Gasteiger partial charge >= 0.3 is 6.18 Å². The molecule has 1 aromatic heterocycles. The summed E-state index contributed by atoms with van der Waals surface area (Å²) in [7, 11) is -1.34. The lowest BCUT2D eigenvalue weighted by Gasteiger charge is -2.16. The van der Waals surface area contributed by atoms with Gasteiger partial charge in [-0.15, -0.1) is 0 Å². The van der Waals surface area contributed by atoms with E-state index in [9.17, 15) is 26.4 Å². The molecule has 1 N–H and O–H groups in total. The number of amides is 1. The van der Waals surface area contributed by atoms with Crippen molar-refractivity contribution in [2.24, 2.45) is 0 Å². The smallest absolute Gasteiger partial charge is 0.417 e. The fourth-order valence-electron chi connectivity index (χ4n) is 2.81. The summed E-state index contributed by atoms with van der Waals surface area (Å²) in [5.41, 5.74) is -0.648. The van der Waals surface area contributed by atoms with Gasteiger partial charge in [-0.3, -0.25) is 9.63 Å². The maximum absolute atomic E-state index is 12.7. The molecule has 1 unspecified atom stereocenters. The molecule has 1 amide bonds. The molecule has 0 fully saturated rings. The fourth-order valence-corrected chi connectivity index (χ4v) is 3.99. The van der Waals surface area contributed by atoms with Crippen LogP contribution in [-0.2, 0) is 25.8 Å². The number of sulfonamides is 1. The molecule has 0 aliphatic carbocycles. The number of ether oxygens (including phenoxy) is 2. The number of hydrogen-bond donors (Lipinski definition) is 1. The number of anilines is 1. The molecule has 1 heterocycles. The van der Waals surface area contributed by atoms with E-state index in [0.29, 0.717) is 28.2 Å². The van der Waals surface area contributed by atoms with Gasteiger partial charge < -0.3 is 14.8 Å². The summed E-state index contributed by atoms with van der Waals surface area (Å²) in [6.45, 7) is 1.51. The van der Waals surface area contributed by atoms with E-state index in [1.165, 1.54) is 69.6 Å². The number of rotatable bonds is 9. The van der Waals surface area contributed by atoms with Crippen molar-refractivity contribution >= 4 is 33.2 Å². The van der Waals surface area contributed by atoms with Crippen LogP contribution in [0, 0.1) is 0 Å². The zero-order chi connectivity index (χ0) is 27.4. The van der Waals surface area contributed by atoms with Crippen LogP contribution in [-0.4, -0.2) is 44.0 Å². The van der Waals surface area contributed by atoms with Gasteiger partial charge in [-0.2, -0.15) is 13.2 Å². The number of hydrogen-bond acceptors (Lipinski definition) is 7. The van der Waals surface area contributed by atoms with Crippen molar-refractivity contribution in [1.29, 1.82) is 0 Å². The first-order valence-corrected chi connectivity index (χ1v) is 12.2. The topological polar surface area (TPSA) is 107 Å². The lowest BCUT2D eigenvalue weighted by atomic mass is 10.3. The Labute approximate surface area is 215 Å². The summed E-state index contributed by atoms with van der Waals surface area (Å²) < 4.78 is 74.4. The third-order valence-corrected chi connectivity index (χ3v) is 6.84. The summed E-state index contributed by atoms with van der Waals surface area (Å²) in [5, 5.41) is 2.31. The van der Waals surface area contributed by atoms with Gasteiger partial charge in [0.05, 0.1) is 17.6 Å². The highest BCUT2D eigenvalue weighted by molar-refractivity contribution is 7.89. The fraction of sp³-hybridized carbons (Fsp3) is 0.217. The van der Waals surface area contributed by atoms with Gasteiger partial charge in [0.1, 0.15) is 16.5 Å². The Balaban J connectivity index is 1.58. The van der Waals surface area contributed by atoms with Crippen molar-refractivity contribution in [2.45, 2.75) is 24.1 Å². The molecule has 0 spiro atoms. The van der Waals surface area contributed by atoms with Crippen LogP contribution < -0.4 is 14.8 Å². The normalized spacial score (nSPS) is 12.8. The average molecular weight is 560 g/mol. The highest BCUT2D eigenvalue weighted by atomic mass is 35.5. The first-order chi connectivity index (χ1) is 17.3. The zero-order valence-electron chi connectivity index (χ0n) is 19.6. The molecule has 0 saturated heterocycles. The van der Waals surface area contributed by atoms with Crippen molar-refractivity contribution in [2.75, 3.05) is 19.5 Å². The molecule has 1 atom stereocenters. The minimum Gasteiger partial charge on any atom is -0.481 e. The van der Waals surface area contributed by atoms with Gasteiger partial charge in [-0.25, -0.2) is 13.4 Å². The van der Waals surface area contributed by atoms with Crippen molar-refractivity contribution in [3.05, 3.63) is 71.4 Å². The van der Waals surface area contributed by atoms with Crippen LogP contribution >= 0.6 is 11.6 Å². The first kappa shape index (κ1) is 28.2. The van der Waals surface area contributed by atoms with Crippen LogP contribution in [0.2, 0.25) is 5.02 Å². The quantitative estimate of drug-likeness (QED) is 0.362. The number of hydroxylamine groups is 1. The number of carbonyl (C=O) groups excluding carboxylic acids is 1. The Morgan fingerprint density at radius 2 is 1.68 bits per heavy atom. The van der Waals surface area contributed by atoms with Crippen molar-refractivity contribution in [3.63, 3.8) is 0 Å². The van der Waals surface area contributed by atoms with Crippen molar-refractivity contribution in [3.8, 4) is 17.4 Å². The molecule has 2 aromatic carbocycles. The van der Waals surface area contributed by atoms with E-state index < -0.39 is 33.8 Å². The van der Waals surface area contributed by atoms with E-state index in [2.05, 4.69) is 10.3 Å². The Morgan fingerprint density at radius 3 is 2.22 bits per heavy atom. The monoisotopic (exact) mass is 559 g/mol.